The molecule has 30 heavy (non-hydrogen) atoms. The number of likely N-dealkylation sites (N-methyl/N-ethyl adjacent to an activating group) is 1. The van der Waals surface area contributed by atoms with E-state index >= 15 is 0 Å². The van der Waals surface area contributed by atoms with Gasteiger partial charge in [0, 0.05) is 30.1 Å². The van der Waals surface area contributed by atoms with Crippen LogP contribution >= 0.6 is 15.9 Å². The summed E-state index contributed by atoms with van der Waals surface area (Å²) in [5.41, 5.74) is 0.525. The maximum atomic E-state index is 13.1. The molecule has 1 aliphatic heterocycles. The Morgan fingerprint density at radius 1 is 1.43 bits per heavy atom. The lowest BCUT2D eigenvalue weighted by molar-refractivity contribution is -0.120. The van der Waals surface area contributed by atoms with Crippen LogP contribution in [0.15, 0.2) is 42.0 Å². The third-order valence-electron chi connectivity index (χ3n) is 5.65. The molecule has 0 aromatic carbocycles. The first-order valence-electron chi connectivity index (χ1n) is 9.77. The van der Waals surface area contributed by atoms with Gasteiger partial charge in [-0.05, 0) is 41.9 Å². The number of anilines is 1. The molecule has 3 atom stereocenters. The van der Waals surface area contributed by atoms with Gasteiger partial charge >= 0.3 is 6.09 Å². The Labute approximate surface area is 184 Å². The molecule has 1 aliphatic carbocycles. The van der Waals surface area contributed by atoms with Crippen molar-refractivity contribution < 1.29 is 19.4 Å². The second kappa shape index (κ2) is 9.28. The van der Waals surface area contributed by atoms with Gasteiger partial charge in [0.1, 0.15) is 16.5 Å². The van der Waals surface area contributed by atoms with Crippen molar-refractivity contribution in [3.8, 4) is 0 Å². The van der Waals surface area contributed by atoms with Gasteiger partial charge in [-0.1, -0.05) is 18.2 Å². The van der Waals surface area contributed by atoms with Gasteiger partial charge in [-0.15, -0.1) is 13.2 Å². The lowest BCUT2D eigenvalue weighted by atomic mass is 9.98. The number of ether oxygens (including phenoxy) is 1. The van der Waals surface area contributed by atoms with E-state index in [0.29, 0.717) is 35.6 Å². The first-order chi connectivity index (χ1) is 14.3. The molecule has 2 fully saturated rings. The predicted molar refractivity (Wildman–Crippen MR) is 117 cm³/mol. The summed E-state index contributed by atoms with van der Waals surface area (Å²) >= 11 is 3.32. The number of piperidine rings is 1. The van der Waals surface area contributed by atoms with Crippen molar-refractivity contribution in [1.82, 2.24) is 14.8 Å². The van der Waals surface area contributed by atoms with E-state index in [1.807, 2.05) is 19.2 Å². The quantitative estimate of drug-likeness (QED) is 0.304. The van der Waals surface area contributed by atoms with Crippen LogP contribution in [0, 0.1) is 5.41 Å². The largest absolute Gasteiger partial charge is 0.465 e. The van der Waals surface area contributed by atoms with Crippen LogP contribution in [0.2, 0.25) is 0 Å². The Morgan fingerprint density at radius 3 is 2.87 bits per heavy atom. The molecule has 8 nitrogen and oxygen atoms in total. The fraction of sp³-hybridized carbons (Fsp3) is 0.476. The fourth-order valence-corrected chi connectivity index (χ4v) is 4.63. The van der Waals surface area contributed by atoms with Gasteiger partial charge in [-0.25, -0.2) is 9.78 Å². The molecule has 0 unspecified atom stereocenters. The highest BCUT2D eigenvalue weighted by atomic mass is 79.9. The Kier molecular flexibility index (Phi) is 6.95. The SMILES string of the molecule is C=CCOCc1ccc(Br)nc1NC(=O)[C@@H]1C[C@@]2(CN(C)CC=C)C[C@H]2N1C(=O)O. The molecule has 2 heterocycles. The van der Waals surface area contributed by atoms with Crippen LogP contribution in [0.25, 0.3) is 0 Å². The van der Waals surface area contributed by atoms with E-state index < -0.39 is 12.1 Å². The summed E-state index contributed by atoms with van der Waals surface area (Å²) in [7, 11) is 1.98. The number of carboxylic acid groups (broad SMARTS) is 1. The second-order valence-electron chi connectivity index (χ2n) is 7.91. The summed E-state index contributed by atoms with van der Waals surface area (Å²) in [6.45, 7) is 9.45. The summed E-state index contributed by atoms with van der Waals surface area (Å²) in [6.07, 6.45) is 3.66. The number of hydrogen-bond donors (Lipinski definition) is 2. The van der Waals surface area contributed by atoms with Crippen LogP contribution < -0.4 is 5.32 Å². The number of nitrogens with zero attached hydrogens (tertiary/aromatic N) is 3. The first kappa shape index (κ1) is 22.5. The minimum atomic E-state index is -1.07. The molecule has 1 aromatic rings. The Morgan fingerprint density at radius 2 is 2.20 bits per heavy atom. The predicted octanol–water partition coefficient (Wildman–Crippen LogP) is 3.11. The standard InChI is InChI=1S/C21H27BrN4O4/c1-4-8-25(3)13-21-10-15(26(20(28)29)16(21)11-21)19(27)24-18-14(12-30-9-5-2)6-7-17(22)23-18/h4-7,15-16H,1-2,8-13H2,3H3,(H,28,29)(H,23,24,27)/t15-,16+,21-/m0/s1. The highest BCUT2D eigenvalue weighted by Crippen LogP contribution is 2.59. The number of carbonyl (C=O) groups excluding carboxylic acids is 1. The van der Waals surface area contributed by atoms with Crippen LogP contribution in [-0.4, -0.2) is 70.7 Å². The van der Waals surface area contributed by atoms with Gasteiger partial charge in [0.25, 0.3) is 0 Å². The van der Waals surface area contributed by atoms with Crippen molar-refractivity contribution in [3.63, 3.8) is 0 Å². The minimum Gasteiger partial charge on any atom is -0.465 e. The van der Waals surface area contributed by atoms with Crippen LogP contribution in [0.1, 0.15) is 18.4 Å². The smallest absolute Gasteiger partial charge is 0.408 e. The van der Waals surface area contributed by atoms with E-state index in [1.165, 1.54) is 4.90 Å². The molecule has 1 saturated heterocycles. The zero-order valence-electron chi connectivity index (χ0n) is 17.0. The van der Waals surface area contributed by atoms with E-state index in [4.69, 9.17) is 4.74 Å². The molecule has 162 valence electrons. The minimum absolute atomic E-state index is 0.135. The number of carbonyl (C=O) groups is 2. The Balaban J connectivity index is 1.75. The molecule has 0 spiro atoms. The molecule has 2 N–H and O–H groups in total. The molecule has 2 amide bonds. The van der Waals surface area contributed by atoms with Crippen LogP contribution in [0.3, 0.4) is 0 Å². The molecule has 0 bridgehead atoms. The first-order valence-corrected chi connectivity index (χ1v) is 10.6. The maximum absolute atomic E-state index is 13.1. The summed E-state index contributed by atoms with van der Waals surface area (Å²) in [5.74, 6) is -0.00639. The number of likely N-dealkylation sites (tertiary alicyclic amines) is 1. The van der Waals surface area contributed by atoms with Crippen molar-refractivity contribution in [2.75, 3.05) is 32.1 Å². The van der Waals surface area contributed by atoms with Gasteiger partial charge in [-0.2, -0.15) is 0 Å². The van der Waals surface area contributed by atoms with Gasteiger partial charge in [0.15, 0.2) is 0 Å². The summed E-state index contributed by atoms with van der Waals surface area (Å²) in [4.78, 5) is 32.8. The van der Waals surface area contributed by atoms with Gasteiger partial charge in [0.2, 0.25) is 5.91 Å². The van der Waals surface area contributed by atoms with Gasteiger partial charge in [0.05, 0.1) is 13.2 Å². The Bertz CT molecular complexity index is 848. The zero-order valence-corrected chi connectivity index (χ0v) is 18.6. The lowest BCUT2D eigenvalue weighted by Gasteiger charge is -2.24. The van der Waals surface area contributed by atoms with E-state index in [1.54, 1.807) is 12.1 Å². The average Bonchev–Trinajstić information content (AvgIpc) is 3.25. The molecule has 0 radical (unpaired) electrons. The number of halogens is 1. The van der Waals surface area contributed by atoms with Crippen molar-refractivity contribution >= 4 is 33.7 Å². The molecule has 2 aliphatic rings. The summed E-state index contributed by atoms with van der Waals surface area (Å²) in [5, 5.41) is 12.6. The normalized spacial score (nSPS) is 24.4. The molecule has 9 heteroatoms. The topological polar surface area (TPSA) is 95.0 Å². The number of pyridine rings is 1. The van der Waals surface area contributed by atoms with Crippen LogP contribution in [0.5, 0.6) is 0 Å². The highest BCUT2D eigenvalue weighted by Gasteiger charge is 2.67. The van der Waals surface area contributed by atoms with Crippen molar-refractivity contribution in [2.45, 2.75) is 31.5 Å². The second-order valence-corrected chi connectivity index (χ2v) is 8.72. The van der Waals surface area contributed by atoms with Crippen LogP contribution in [-0.2, 0) is 16.1 Å². The molecular weight excluding hydrogens is 452 g/mol. The molecule has 3 rings (SSSR count). The van der Waals surface area contributed by atoms with E-state index in [9.17, 15) is 14.7 Å². The van der Waals surface area contributed by atoms with Gasteiger partial charge in [-0.3, -0.25) is 9.69 Å². The number of aromatic nitrogens is 1. The van der Waals surface area contributed by atoms with E-state index in [2.05, 4.69) is 44.3 Å². The number of nitrogens with one attached hydrogen (secondary N) is 1. The van der Waals surface area contributed by atoms with E-state index in [-0.39, 0.29) is 24.0 Å². The molecule has 1 saturated carbocycles. The zero-order chi connectivity index (χ0) is 21.9. The fourth-order valence-electron chi connectivity index (χ4n) is 4.32. The summed E-state index contributed by atoms with van der Waals surface area (Å²) in [6, 6.07) is 2.69. The molecular formula is C21H27BrN4O4. The third kappa shape index (κ3) is 4.74. The number of amides is 2. The lowest BCUT2D eigenvalue weighted by Crippen LogP contribution is -2.45. The van der Waals surface area contributed by atoms with Gasteiger partial charge < -0.3 is 20.1 Å². The Hall–Kier alpha value is -2.23. The molecule has 1 aromatic heterocycles. The van der Waals surface area contributed by atoms with E-state index in [0.717, 1.165) is 13.0 Å². The number of hydrogen-bond acceptors (Lipinski definition) is 5. The summed E-state index contributed by atoms with van der Waals surface area (Å²) < 4.78 is 6.05. The van der Waals surface area contributed by atoms with Crippen LogP contribution in [0.4, 0.5) is 10.6 Å². The van der Waals surface area contributed by atoms with Crippen molar-refractivity contribution in [3.05, 3.63) is 47.6 Å². The number of rotatable bonds is 10. The number of fused-ring (bicyclic) bond motifs is 1. The maximum Gasteiger partial charge on any atom is 0.408 e. The average molecular weight is 479 g/mol. The van der Waals surface area contributed by atoms with Crippen molar-refractivity contribution in [1.29, 1.82) is 0 Å². The third-order valence-corrected chi connectivity index (χ3v) is 6.09. The highest BCUT2D eigenvalue weighted by molar-refractivity contribution is 9.10. The van der Waals surface area contributed by atoms with Crippen molar-refractivity contribution in [2.24, 2.45) is 5.41 Å². The monoisotopic (exact) mass is 478 g/mol.